The number of ether oxygens (including phenoxy) is 2. The monoisotopic (exact) mass is 544 g/mol. The maximum atomic E-state index is 13.1. The van der Waals surface area contributed by atoms with Crippen molar-refractivity contribution in [1.29, 1.82) is 0 Å². The lowest BCUT2D eigenvalue weighted by Gasteiger charge is -2.14. The number of thiocarbonyl (C=S) groups is 1. The number of nitrogens with one attached hydrogen (secondary N) is 1. The summed E-state index contributed by atoms with van der Waals surface area (Å²) in [5.41, 5.74) is -0.0639. The van der Waals surface area contributed by atoms with Crippen LogP contribution in [-0.4, -0.2) is 29.9 Å². The second-order valence-electron chi connectivity index (χ2n) is 7.67. The Balaban J connectivity index is 1.42. The molecule has 1 aliphatic heterocycles. The first-order chi connectivity index (χ1) is 17.7. The Morgan fingerprint density at radius 2 is 1.78 bits per heavy atom. The zero-order valence-electron chi connectivity index (χ0n) is 19.2. The Bertz CT molecular complexity index is 1370. The van der Waals surface area contributed by atoms with Gasteiger partial charge in [-0.1, -0.05) is 48.2 Å². The van der Waals surface area contributed by atoms with Gasteiger partial charge in [-0.15, -0.1) is 0 Å². The smallest absolute Gasteiger partial charge is 0.418 e. The number of hydrogen-bond acceptors (Lipinski definition) is 6. The van der Waals surface area contributed by atoms with E-state index in [0.29, 0.717) is 32.0 Å². The van der Waals surface area contributed by atoms with Crippen molar-refractivity contribution in [1.82, 2.24) is 0 Å². The third kappa shape index (κ3) is 6.30. The van der Waals surface area contributed by atoms with Crippen LogP contribution in [0.1, 0.15) is 11.1 Å². The van der Waals surface area contributed by atoms with Crippen molar-refractivity contribution in [3.63, 3.8) is 0 Å². The molecule has 190 valence electrons. The molecule has 6 nitrogen and oxygen atoms in total. The molecule has 3 aromatic carbocycles. The number of carbonyl (C=O) groups excluding carboxylic acids is 2. The number of hydrogen-bond donors (Lipinski definition) is 1. The molecule has 0 unspecified atom stereocenters. The lowest BCUT2D eigenvalue weighted by Crippen LogP contribution is -2.27. The van der Waals surface area contributed by atoms with E-state index in [4.69, 9.17) is 21.7 Å². The molecule has 0 bridgehead atoms. The highest BCUT2D eigenvalue weighted by Crippen LogP contribution is 2.37. The summed E-state index contributed by atoms with van der Waals surface area (Å²) in [5.74, 6) is -0.0740. The third-order valence-electron chi connectivity index (χ3n) is 5.16. The second kappa shape index (κ2) is 11.1. The predicted octanol–water partition coefficient (Wildman–Crippen LogP) is 6.14. The summed E-state index contributed by atoms with van der Waals surface area (Å²) in [6, 6.07) is 18.2. The average Bonchev–Trinajstić information content (AvgIpc) is 3.15. The highest BCUT2D eigenvalue weighted by Gasteiger charge is 2.34. The zero-order chi connectivity index (χ0) is 26.6. The fraction of sp³-hybridized carbons (Fsp3) is 0.115. The Kier molecular flexibility index (Phi) is 7.84. The maximum Gasteiger partial charge on any atom is 0.418 e. The SMILES string of the molecule is COc1ccc(N2C(=O)/C(=C/c3cccc(OCC(=O)Nc4ccccc4C(F)(F)F)c3)SC2=S)cc1. The number of carbonyl (C=O) groups is 2. The van der Waals surface area contributed by atoms with E-state index in [0.717, 1.165) is 17.8 Å². The number of anilines is 2. The first-order valence-electron chi connectivity index (χ1n) is 10.8. The highest BCUT2D eigenvalue weighted by atomic mass is 32.2. The van der Waals surface area contributed by atoms with Crippen LogP contribution in [0.15, 0.2) is 77.7 Å². The molecular formula is C26H19F3N2O4S2. The van der Waals surface area contributed by atoms with E-state index in [1.54, 1.807) is 61.7 Å². The summed E-state index contributed by atoms with van der Waals surface area (Å²) in [6.07, 6.45) is -2.96. The normalized spacial score (nSPS) is 14.7. The predicted molar refractivity (Wildman–Crippen MR) is 141 cm³/mol. The Hall–Kier alpha value is -3.83. The molecule has 1 heterocycles. The van der Waals surface area contributed by atoms with Crippen molar-refractivity contribution in [2.45, 2.75) is 6.18 Å². The first kappa shape index (κ1) is 26.2. The van der Waals surface area contributed by atoms with Crippen LogP contribution in [0, 0.1) is 0 Å². The van der Waals surface area contributed by atoms with Gasteiger partial charge < -0.3 is 14.8 Å². The van der Waals surface area contributed by atoms with Gasteiger partial charge in [-0.3, -0.25) is 14.5 Å². The van der Waals surface area contributed by atoms with E-state index in [9.17, 15) is 22.8 Å². The molecule has 0 saturated carbocycles. The minimum atomic E-state index is -4.60. The van der Waals surface area contributed by atoms with Crippen molar-refractivity contribution in [2.24, 2.45) is 0 Å². The molecule has 1 saturated heterocycles. The van der Waals surface area contributed by atoms with Crippen molar-refractivity contribution >= 4 is 57.6 Å². The fourth-order valence-corrected chi connectivity index (χ4v) is 4.74. The molecule has 4 rings (SSSR count). The Morgan fingerprint density at radius 1 is 1.05 bits per heavy atom. The van der Waals surface area contributed by atoms with Gasteiger partial charge in [-0.05, 0) is 60.2 Å². The van der Waals surface area contributed by atoms with Crippen molar-refractivity contribution in [2.75, 3.05) is 23.9 Å². The molecule has 0 atom stereocenters. The quantitative estimate of drug-likeness (QED) is 0.285. The van der Waals surface area contributed by atoms with Crippen molar-refractivity contribution in [3.05, 3.63) is 88.8 Å². The van der Waals surface area contributed by atoms with Gasteiger partial charge in [0, 0.05) is 0 Å². The second-order valence-corrected chi connectivity index (χ2v) is 9.34. The lowest BCUT2D eigenvalue weighted by molar-refractivity contribution is -0.137. The van der Waals surface area contributed by atoms with Gasteiger partial charge in [0.05, 0.1) is 29.0 Å². The maximum absolute atomic E-state index is 13.1. The molecule has 11 heteroatoms. The standard InChI is InChI=1S/C26H19F3N2O4S2/c1-34-18-11-9-17(10-12-18)31-24(33)22(37-25(31)36)14-16-5-4-6-19(13-16)35-15-23(32)30-21-8-3-2-7-20(21)26(27,28)29/h2-14H,15H2,1H3,(H,30,32)/b22-14-. The number of amides is 2. The molecule has 0 aromatic heterocycles. The summed E-state index contributed by atoms with van der Waals surface area (Å²) in [4.78, 5) is 27.1. The van der Waals surface area contributed by atoms with Gasteiger partial charge in [0.15, 0.2) is 10.9 Å². The van der Waals surface area contributed by atoms with E-state index in [1.165, 1.54) is 23.1 Å². The molecule has 1 aliphatic rings. The van der Waals surface area contributed by atoms with Gasteiger partial charge in [-0.2, -0.15) is 13.2 Å². The summed E-state index contributed by atoms with van der Waals surface area (Å²) < 4.78 is 50.4. The molecule has 0 radical (unpaired) electrons. The number of rotatable bonds is 7. The van der Waals surface area contributed by atoms with E-state index in [2.05, 4.69) is 5.32 Å². The van der Waals surface area contributed by atoms with E-state index in [1.807, 2.05) is 0 Å². The third-order valence-corrected chi connectivity index (χ3v) is 6.46. The van der Waals surface area contributed by atoms with Crippen LogP contribution in [0.2, 0.25) is 0 Å². The van der Waals surface area contributed by atoms with E-state index in [-0.39, 0.29) is 11.6 Å². The van der Waals surface area contributed by atoms with Crippen LogP contribution in [0.25, 0.3) is 6.08 Å². The molecule has 37 heavy (non-hydrogen) atoms. The number of halogens is 3. The molecule has 3 aromatic rings. The number of alkyl halides is 3. The summed E-state index contributed by atoms with van der Waals surface area (Å²) in [6.45, 7) is -0.505. The van der Waals surface area contributed by atoms with Crippen molar-refractivity contribution in [3.8, 4) is 11.5 Å². The average molecular weight is 545 g/mol. The number of methoxy groups -OCH3 is 1. The minimum absolute atomic E-state index is 0.283. The molecule has 1 N–H and O–H groups in total. The number of para-hydroxylation sites is 1. The number of benzene rings is 3. The topological polar surface area (TPSA) is 67.9 Å². The molecule has 0 aliphatic carbocycles. The largest absolute Gasteiger partial charge is 0.497 e. The molecule has 2 amide bonds. The van der Waals surface area contributed by atoms with Crippen LogP contribution >= 0.6 is 24.0 Å². The highest BCUT2D eigenvalue weighted by molar-refractivity contribution is 8.27. The van der Waals surface area contributed by atoms with Gasteiger partial charge >= 0.3 is 6.18 Å². The van der Waals surface area contributed by atoms with Crippen molar-refractivity contribution < 1.29 is 32.2 Å². The Labute approximate surface area is 220 Å². The van der Waals surface area contributed by atoms with Crippen LogP contribution in [0.3, 0.4) is 0 Å². The first-order valence-corrected chi connectivity index (χ1v) is 12.0. The number of thioether (sulfide) groups is 1. The minimum Gasteiger partial charge on any atom is -0.497 e. The zero-order valence-corrected chi connectivity index (χ0v) is 20.9. The van der Waals surface area contributed by atoms with Gasteiger partial charge in [0.25, 0.3) is 11.8 Å². The van der Waals surface area contributed by atoms with Crippen LogP contribution in [0.4, 0.5) is 24.5 Å². The van der Waals surface area contributed by atoms with Gasteiger partial charge in [-0.25, -0.2) is 0 Å². The van der Waals surface area contributed by atoms with E-state index >= 15 is 0 Å². The summed E-state index contributed by atoms with van der Waals surface area (Å²) in [5, 5.41) is 2.23. The molecule has 0 spiro atoms. The van der Waals surface area contributed by atoms with Crippen LogP contribution < -0.4 is 19.7 Å². The van der Waals surface area contributed by atoms with Gasteiger partial charge in [0.2, 0.25) is 0 Å². The molecule has 1 fully saturated rings. The Morgan fingerprint density at radius 3 is 2.49 bits per heavy atom. The van der Waals surface area contributed by atoms with Gasteiger partial charge in [0.1, 0.15) is 11.5 Å². The van der Waals surface area contributed by atoms with E-state index < -0.39 is 24.3 Å². The molecular weight excluding hydrogens is 525 g/mol. The van der Waals surface area contributed by atoms with Crippen LogP contribution in [0.5, 0.6) is 11.5 Å². The number of nitrogens with zero attached hydrogens (tertiary/aromatic N) is 1. The summed E-state index contributed by atoms with van der Waals surface area (Å²) >= 11 is 6.54. The summed E-state index contributed by atoms with van der Waals surface area (Å²) in [7, 11) is 1.55. The van der Waals surface area contributed by atoms with Crippen LogP contribution in [-0.2, 0) is 15.8 Å². The fourth-order valence-electron chi connectivity index (χ4n) is 3.44. The lowest BCUT2D eigenvalue weighted by atomic mass is 10.1.